The van der Waals surface area contributed by atoms with Gasteiger partial charge in [0, 0.05) is 48.7 Å². The summed E-state index contributed by atoms with van der Waals surface area (Å²) in [6.45, 7) is 2.45. The van der Waals surface area contributed by atoms with Gasteiger partial charge in [0.25, 0.3) is 0 Å². The maximum absolute atomic E-state index is 13.8. The van der Waals surface area contributed by atoms with Gasteiger partial charge in [0.1, 0.15) is 11.3 Å². The van der Waals surface area contributed by atoms with E-state index in [0.717, 1.165) is 24.7 Å². The van der Waals surface area contributed by atoms with E-state index in [0.29, 0.717) is 17.6 Å². The Kier molecular flexibility index (Phi) is 4.06. The van der Waals surface area contributed by atoms with Crippen LogP contribution in [0.5, 0.6) is 0 Å². The highest BCUT2D eigenvalue weighted by Gasteiger charge is 2.10. The molecule has 3 nitrogen and oxygen atoms in total. The number of pyridine rings is 1. The number of halogens is 2. The van der Waals surface area contributed by atoms with E-state index in [2.05, 4.69) is 51.6 Å². The highest BCUT2D eigenvalue weighted by Crippen LogP contribution is 2.25. The number of hydrogen-bond donors (Lipinski definition) is 1. The SMILES string of the molecule is Fc1cc(F)c2nccc(NCc3ccc(N4CC=CC4)cc3)c2c1. The van der Waals surface area contributed by atoms with E-state index in [1.54, 1.807) is 6.07 Å². The summed E-state index contributed by atoms with van der Waals surface area (Å²) in [7, 11) is 0. The van der Waals surface area contributed by atoms with Crippen molar-refractivity contribution in [2.45, 2.75) is 6.54 Å². The first-order valence-corrected chi connectivity index (χ1v) is 8.17. The lowest BCUT2D eigenvalue weighted by Gasteiger charge is -2.18. The molecule has 0 radical (unpaired) electrons. The number of nitrogens with one attached hydrogen (secondary N) is 1. The van der Waals surface area contributed by atoms with E-state index in [-0.39, 0.29) is 5.52 Å². The van der Waals surface area contributed by atoms with Gasteiger partial charge in [-0.25, -0.2) is 8.78 Å². The number of aromatic nitrogens is 1. The molecule has 2 heterocycles. The van der Waals surface area contributed by atoms with Crippen molar-refractivity contribution in [1.82, 2.24) is 4.98 Å². The Labute approximate surface area is 144 Å². The first-order valence-electron chi connectivity index (χ1n) is 8.17. The number of nitrogens with zero attached hydrogens (tertiary/aromatic N) is 2. The number of anilines is 2. The summed E-state index contributed by atoms with van der Waals surface area (Å²) in [5.41, 5.74) is 3.12. The summed E-state index contributed by atoms with van der Waals surface area (Å²) < 4.78 is 27.4. The zero-order chi connectivity index (χ0) is 17.2. The van der Waals surface area contributed by atoms with Crippen LogP contribution in [0, 0.1) is 11.6 Å². The minimum atomic E-state index is -0.651. The summed E-state index contributed by atoms with van der Waals surface area (Å²) in [6, 6.07) is 12.2. The fourth-order valence-corrected chi connectivity index (χ4v) is 3.04. The van der Waals surface area contributed by atoms with Crippen LogP contribution in [0.4, 0.5) is 20.2 Å². The first-order chi connectivity index (χ1) is 12.2. The number of rotatable bonds is 4. The molecule has 0 spiro atoms. The Bertz CT molecular complexity index is 928. The molecule has 126 valence electrons. The van der Waals surface area contributed by atoms with Crippen LogP contribution in [-0.4, -0.2) is 18.1 Å². The average molecular weight is 337 g/mol. The minimum Gasteiger partial charge on any atom is -0.380 e. The molecular weight excluding hydrogens is 320 g/mol. The lowest BCUT2D eigenvalue weighted by molar-refractivity contribution is 0.590. The maximum Gasteiger partial charge on any atom is 0.152 e. The molecule has 0 saturated carbocycles. The van der Waals surface area contributed by atoms with Crippen LogP contribution in [0.2, 0.25) is 0 Å². The normalized spacial score (nSPS) is 13.6. The van der Waals surface area contributed by atoms with E-state index in [4.69, 9.17) is 0 Å². The molecule has 0 amide bonds. The van der Waals surface area contributed by atoms with Crippen LogP contribution >= 0.6 is 0 Å². The van der Waals surface area contributed by atoms with Gasteiger partial charge in [-0.3, -0.25) is 4.98 Å². The van der Waals surface area contributed by atoms with Crippen molar-refractivity contribution in [2.75, 3.05) is 23.3 Å². The minimum absolute atomic E-state index is 0.170. The van der Waals surface area contributed by atoms with Gasteiger partial charge in [0.05, 0.1) is 0 Å². The van der Waals surface area contributed by atoms with E-state index < -0.39 is 11.6 Å². The summed E-state index contributed by atoms with van der Waals surface area (Å²) in [5.74, 6) is -1.26. The molecule has 1 N–H and O–H groups in total. The maximum atomic E-state index is 13.8. The molecule has 3 aromatic rings. The smallest absolute Gasteiger partial charge is 0.152 e. The molecule has 0 atom stereocenters. The second-order valence-corrected chi connectivity index (χ2v) is 6.04. The van der Waals surface area contributed by atoms with Crippen molar-refractivity contribution < 1.29 is 8.78 Å². The molecule has 25 heavy (non-hydrogen) atoms. The second kappa shape index (κ2) is 6.51. The molecule has 0 unspecified atom stereocenters. The van der Waals surface area contributed by atoms with Gasteiger partial charge in [-0.1, -0.05) is 24.3 Å². The van der Waals surface area contributed by atoms with Crippen molar-refractivity contribution >= 4 is 22.3 Å². The Balaban J connectivity index is 1.52. The number of fused-ring (bicyclic) bond motifs is 1. The largest absolute Gasteiger partial charge is 0.380 e. The Hall–Kier alpha value is -2.95. The molecule has 4 rings (SSSR count). The van der Waals surface area contributed by atoms with Gasteiger partial charge >= 0.3 is 0 Å². The van der Waals surface area contributed by atoms with E-state index >= 15 is 0 Å². The second-order valence-electron chi connectivity index (χ2n) is 6.04. The number of benzene rings is 2. The van der Waals surface area contributed by atoms with Crippen molar-refractivity contribution in [3.8, 4) is 0 Å². The quantitative estimate of drug-likeness (QED) is 0.711. The fourth-order valence-electron chi connectivity index (χ4n) is 3.04. The fraction of sp³-hybridized carbons (Fsp3) is 0.150. The first kappa shape index (κ1) is 15.6. The predicted octanol–water partition coefficient (Wildman–Crippen LogP) is 4.50. The monoisotopic (exact) mass is 337 g/mol. The van der Waals surface area contributed by atoms with Gasteiger partial charge in [-0.05, 0) is 29.8 Å². The molecule has 0 aliphatic carbocycles. The van der Waals surface area contributed by atoms with Gasteiger partial charge < -0.3 is 10.2 Å². The molecular formula is C20H17F2N3. The van der Waals surface area contributed by atoms with Gasteiger partial charge in [0.2, 0.25) is 0 Å². The standard InChI is InChI=1S/C20H17F2N3/c21-15-11-17-19(7-8-23-20(17)18(22)12-15)24-13-14-3-5-16(6-4-14)25-9-1-2-10-25/h1-8,11-12H,9-10,13H2,(H,23,24). The van der Waals surface area contributed by atoms with Crippen LogP contribution in [-0.2, 0) is 6.54 Å². The van der Waals surface area contributed by atoms with Gasteiger partial charge in [-0.2, -0.15) is 0 Å². The van der Waals surface area contributed by atoms with Crippen LogP contribution in [0.15, 0.2) is 60.8 Å². The topological polar surface area (TPSA) is 28.2 Å². The van der Waals surface area contributed by atoms with Crippen LogP contribution in [0.1, 0.15) is 5.56 Å². The van der Waals surface area contributed by atoms with Crippen molar-refractivity contribution in [3.05, 3.63) is 78.0 Å². The van der Waals surface area contributed by atoms with Gasteiger partial charge in [-0.15, -0.1) is 0 Å². The van der Waals surface area contributed by atoms with Crippen molar-refractivity contribution in [2.24, 2.45) is 0 Å². The molecule has 1 aliphatic heterocycles. The zero-order valence-corrected chi connectivity index (χ0v) is 13.5. The third-order valence-corrected chi connectivity index (χ3v) is 4.37. The number of hydrogen-bond acceptors (Lipinski definition) is 3. The zero-order valence-electron chi connectivity index (χ0n) is 13.5. The highest BCUT2D eigenvalue weighted by atomic mass is 19.1. The summed E-state index contributed by atoms with van der Waals surface area (Å²) in [5, 5.41) is 3.69. The predicted molar refractivity (Wildman–Crippen MR) is 96.8 cm³/mol. The van der Waals surface area contributed by atoms with Gasteiger partial charge in [0.15, 0.2) is 5.82 Å². The molecule has 0 fully saturated rings. The van der Waals surface area contributed by atoms with E-state index in [9.17, 15) is 8.78 Å². The highest BCUT2D eigenvalue weighted by molar-refractivity contribution is 5.91. The van der Waals surface area contributed by atoms with E-state index in [1.165, 1.54) is 18.0 Å². The molecule has 5 heteroatoms. The Morgan fingerprint density at radius 3 is 2.52 bits per heavy atom. The Morgan fingerprint density at radius 2 is 1.76 bits per heavy atom. The van der Waals surface area contributed by atoms with Crippen molar-refractivity contribution in [3.63, 3.8) is 0 Å². The Morgan fingerprint density at radius 1 is 1.00 bits per heavy atom. The molecule has 2 aromatic carbocycles. The third-order valence-electron chi connectivity index (χ3n) is 4.37. The molecule has 0 saturated heterocycles. The van der Waals surface area contributed by atoms with Crippen LogP contribution in [0.3, 0.4) is 0 Å². The lowest BCUT2D eigenvalue weighted by atomic mass is 10.1. The van der Waals surface area contributed by atoms with Crippen molar-refractivity contribution in [1.29, 1.82) is 0 Å². The molecule has 1 aliphatic rings. The molecule has 1 aromatic heterocycles. The summed E-state index contributed by atoms with van der Waals surface area (Å²) >= 11 is 0. The van der Waals surface area contributed by atoms with Crippen LogP contribution < -0.4 is 10.2 Å². The van der Waals surface area contributed by atoms with Crippen LogP contribution in [0.25, 0.3) is 10.9 Å². The summed E-state index contributed by atoms with van der Waals surface area (Å²) in [4.78, 5) is 6.28. The average Bonchev–Trinajstić information content (AvgIpc) is 3.15. The van der Waals surface area contributed by atoms with E-state index in [1.807, 2.05) is 0 Å². The molecule has 0 bridgehead atoms. The summed E-state index contributed by atoms with van der Waals surface area (Å²) in [6.07, 6.45) is 5.83. The lowest BCUT2D eigenvalue weighted by Crippen LogP contribution is -2.18. The third kappa shape index (κ3) is 3.18.